The molecule has 3 heterocycles. The maximum absolute atomic E-state index is 12.9. The van der Waals surface area contributed by atoms with Gasteiger partial charge in [0.15, 0.2) is 6.10 Å². The zero-order valence-corrected chi connectivity index (χ0v) is 17.9. The quantitative estimate of drug-likeness (QED) is 0.650. The SMILES string of the molecule is Cc1c(C)c2ccc(OC(C)C(=O)N3CCC(O)(c4cccnc4)CC3)cc2oc1=O. The number of carbonyl (C=O) groups excluding carboxylic acids is 1. The number of nitrogens with zero attached hydrogens (tertiary/aromatic N) is 2. The molecule has 1 aliphatic rings. The van der Waals surface area contributed by atoms with E-state index in [0.29, 0.717) is 42.8 Å². The van der Waals surface area contributed by atoms with Gasteiger partial charge >= 0.3 is 5.63 Å². The Hall–Kier alpha value is -3.19. The molecule has 0 saturated carbocycles. The van der Waals surface area contributed by atoms with E-state index in [1.165, 1.54) is 0 Å². The second-order valence-corrected chi connectivity index (χ2v) is 8.16. The fourth-order valence-corrected chi connectivity index (χ4v) is 4.04. The summed E-state index contributed by atoms with van der Waals surface area (Å²) >= 11 is 0. The number of fused-ring (bicyclic) bond motifs is 1. The molecule has 0 radical (unpaired) electrons. The molecule has 1 aliphatic heterocycles. The third-order valence-corrected chi connectivity index (χ3v) is 6.19. The number of pyridine rings is 1. The molecular formula is C24H26N2O5. The van der Waals surface area contributed by atoms with Crippen LogP contribution in [0.2, 0.25) is 0 Å². The van der Waals surface area contributed by atoms with Gasteiger partial charge in [-0.25, -0.2) is 4.79 Å². The standard InChI is InChI=1S/C24H26N2O5/c1-15-16(2)23(28)31-21-13-19(6-7-20(15)21)30-17(3)22(27)26-11-8-24(29,9-12-26)18-5-4-10-25-14-18/h4-7,10,13-14,17,29H,8-9,11-12H2,1-3H3. The van der Waals surface area contributed by atoms with Gasteiger partial charge in [0.2, 0.25) is 0 Å². The van der Waals surface area contributed by atoms with Crippen molar-refractivity contribution in [3.63, 3.8) is 0 Å². The molecule has 1 fully saturated rings. The lowest BCUT2D eigenvalue weighted by Crippen LogP contribution is -2.49. The van der Waals surface area contributed by atoms with E-state index < -0.39 is 11.7 Å². The van der Waals surface area contributed by atoms with E-state index in [-0.39, 0.29) is 11.5 Å². The van der Waals surface area contributed by atoms with E-state index >= 15 is 0 Å². The van der Waals surface area contributed by atoms with E-state index in [1.54, 1.807) is 49.3 Å². The van der Waals surface area contributed by atoms with Crippen LogP contribution in [0.4, 0.5) is 0 Å². The van der Waals surface area contributed by atoms with Gasteiger partial charge in [-0.1, -0.05) is 6.07 Å². The lowest BCUT2D eigenvalue weighted by molar-refractivity contribution is -0.142. The molecule has 1 amide bonds. The lowest BCUT2D eigenvalue weighted by atomic mass is 9.85. The van der Waals surface area contributed by atoms with E-state index in [9.17, 15) is 14.7 Å². The number of hydrogen-bond acceptors (Lipinski definition) is 6. The Bertz CT molecular complexity index is 1160. The van der Waals surface area contributed by atoms with E-state index in [4.69, 9.17) is 9.15 Å². The third kappa shape index (κ3) is 4.05. The Morgan fingerprint density at radius 2 is 1.97 bits per heavy atom. The van der Waals surface area contributed by atoms with Crippen molar-refractivity contribution >= 4 is 16.9 Å². The molecule has 2 aromatic heterocycles. The molecule has 1 unspecified atom stereocenters. The van der Waals surface area contributed by atoms with Crippen molar-refractivity contribution in [3.8, 4) is 5.75 Å². The molecule has 162 valence electrons. The summed E-state index contributed by atoms with van der Waals surface area (Å²) in [5.41, 5.74) is 1.32. The van der Waals surface area contributed by atoms with Crippen LogP contribution in [0.25, 0.3) is 11.0 Å². The van der Waals surface area contributed by atoms with Gasteiger partial charge < -0.3 is 19.2 Å². The van der Waals surface area contributed by atoms with Crippen LogP contribution >= 0.6 is 0 Å². The van der Waals surface area contributed by atoms with Gasteiger partial charge in [0.1, 0.15) is 11.3 Å². The maximum atomic E-state index is 12.9. The molecule has 0 aliphatic carbocycles. The fraction of sp³-hybridized carbons (Fsp3) is 0.375. The molecule has 1 atom stereocenters. The predicted molar refractivity (Wildman–Crippen MR) is 116 cm³/mol. The first-order valence-corrected chi connectivity index (χ1v) is 10.4. The zero-order chi connectivity index (χ0) is 22.2. The average Bonchev–Trinajstić information content (AvgIpc) is 2.78. The highest BCUT2D eigenvalue weighted by molar-refractivity contribution is 5.83. The van der Waals surface area contributed by atoms with Crippen LogP contribution in [0, 0.1) is 13.8 Å². The highest BCUT2D eigenvalue weighted by Gasteiger charge is 2.36. The number of aryl methyl sites for hydroxylation is 1. The second-order valence-electron chi connectivity index (χ2n) is 8.16. The van der Waals surface area contributed by atoms with E-state index in [2.05, 4.69) is 4.98 Å². The minimum Gasteiger partial charge on any atom is -0.481 e. The Balaban J connectivity index is 1.43. The van der Waals surface area contributed by atoms with E-state index in [1.807, 2.05) is 19.1 Å². The number of aliphatic hydroxyl groups is 1. The summed E-state index contributed by atoms with van der Waals surface area (Å²) in [6.45, 7) is 6.18. The monoisotopic (exact) mass is 422 g/mol. The first-order chi connectivity index (χ1) is 14.8. The lowest BCUT2D eigenvalue weighted by Gasteiger charge is -2.39. The van der Waals surface area contributed by atoms with Crippen molar-refractivity contribution in [3.05, 3.63) is 69.8 Å². The van der Waals surface area contributed by atoms with Crippen LogP contribution in [0.3, 0.4) is 0 Å². The molecule has 0 spiro atoms. The van der Waals surface area contributed by atoms with Crippen LogP contribution < -0.4 is 10.4 Å². The number of likely N-dealkylation sites (tertiary alicyclic amines) is 1. The molecule has 1 N–H and O–H groups in total. The van der Waals surface area contributed by atoms with Crippen LogP contribution in [-0.2, 0) is 10.4 Å². The Morgan fingerprint density at radius 3 is 2.65 bits per heavy atom. The summed E-state index contributed by atoms with van der Waals surface area (Å²) in [7, 11) is 0. The number of hydrogen-bond donors (Lipinski definition) is 1. The van der Waals surface area contributed by atoms with Gasteiger partial charge in [-0.2, -0.15) is 0 Å². The molecule has 0 bridgehead atoms. The number of benzene rings is 1. The normalized spacial score (nSPS) is 16.8. The van der Waals surface area contributed by atoms with Gasteiger partial charge in [0, 0.05) is 48.1 Å². The van der Waals surface area contributed by atoms with Gasteiger partial charge in [-0.05, 0) is 57.4 Å². The van der Waals surface area contributed by atoms with Crippen LogP contribution in [0.1, 0.15) is 36.5 Å². The first-order valence-electron chi connectivity index (χ1n) is 10.4. The van der Waals surface area contributed by atoms with Crippen molar-refractivity contribution in [2.45, 2.75) is 45.3 Å². The summed E-state index contributed by atoms with van der Waals surface area (Å²) in [5.74, 6) is 0.318. The second kappa shape index (κ2) is 8.15. The summed E-state index contributed by atoms with van der Waals surface area (Å²) in [5, 5.41) is 11.8. The molecule has 31 heavy (non-hydrogen) atoms. The molecular weight excluding hydrogens is 396 g/mol. The van der Waals surface area contributed by atoms with Gasteiger partial charge in [-0.3, -0.25) is 9.78 Å². The average molecular weight is 422 g/mol. The van der Waals surface area contributed by atoms with Crippen molar-refractivity contribution in [1.82, 2.24) is 9.88 Å². The molecule has 7 heteroatoms. The number of carbonyl (C=O) groups is 1. The van der Waals surface area contributed by atoms with Gasteiger partial charge in [0.05, 0.1) is 5.60 Å². The first kappa shape index (κ1) is 21.1. The molecule has 3 aromatic rings. The number of rotatable bonds is 4. The molecule has 1 saturated heterocycles. The summed E-state index contributed by atoms with van der Waals surface area (Å²) < 4.78 is 11.2. The maximum Gasteiger partial charge on any atom is 0.339 e. The summed E-state index contributed by atoms with van der Waals surface area (Å²) in [6, 6.07) is 8.91. The Morgan fingerprint density at radius 1 is 1.23 bits per heavy atom. The topological polar surface area (TPSA) is 92.9 Å². The molecule has 7 nitrogen and oxygen atoms in total. The van der Waals surface area contributed by atoms with Crippen molar-refractivity contribution in [1.29, 1.82) is 0 Å². The minimum absolute atomic E-state index is 0.144. The van der Waals surface area contributed by atoms with Crippen molar-refractivity contribution < 1.29 is 19.1 Å². The third-order valence-electron chi connectivity index (χ3n) is 6.19. The number of ether oxygens (including phenoxy) is 1. The molecule has 4 rings (SSSR count). The highest BCUT2D eigenvalue weighted by Crippen LogP contribution is 2.32. The van der Waals surface area contributed by atoms with Crippen LogP contribution in [0.15, 0.2) is 51.9 Å². The Labute approximate surface area is 180 Å². The minimum atomic E-state index is -0.971. The van der Waals surface area contributed by atoms with E-state index in [0.717, 1.165) is 16.5 Å². The van der Waals surface area contributed by atoms with Crippen molar-refractivity contribution in [2.75, 3.05) is 13.1 Å². The van der Waals surface area contributed by atoms with Crippen molar-refractivity contribution in [2.24, 2.45) is 0 Å². The van der Waals surface area contributed by atoms with Crippen LogP contribution in [-0.4, -0.2) is 40.1 Å². The fourth-order valence-electron chi connectivity index (χ4n) is 4.04. The zero-order valence-electron chi connectivity index (χ0n) is 17.9. The smallest absolute Gasteiger partial charge is 0.339 e. The predicted octanol–water partition coefficient (Wildman–Crippen LogP) is 3.08. The van der Waals surface area contributed by atoms with Crippen LogP contribution in [0.5, 0.6) is 5.75 Å². The molecule has 1 aromatic carbocycles. The van der Waals surface area contributed by atoms with Gasteiger partial charge in [0.25, 0.3) is 5.91 Å². The number of amides is 1. The largest absolute Gasteiger partial charge is 0.481 e. The number of piperidine rings is 1. The Kier molecular flexibility index (Phi) is 5.54. The van der Waals surface area contributed by atoms with Gasteiger partial charge in [-0.15, -0.1) is 0 Å². The highest BCUT2D eigenvalue weighted by atomic mass is 16.5. The summed E-state index contributed by atoms with van der Waals surface area (Å²) in [4.78, 5) is 30.7. The summed E-state index contributed by atoms with van der Waals surface area (Å²) in [6.07, 6.45) is 3.52. The number of aromatic nitrogens is 1.